The van der Waals surface area contributed by atoms with Crippen molar-refractivity contribution in [2.45, 2.75) is 91.9 Å². The SMILES string of the molecule is Cc1cccc(C)c1NC(=O)C[N+]1(CCCSCCCN2CCCCC2C(=O)Nc2c(C)cccc2C)CC(C)OC(C)C1. The van der Waals surface area contributed by atoms with Crippen molar-refractivity contribution >= 4 is 35.0 Å². The van der Waals surface area contributed by atoms with Crippen molar-refractivity contribution in [1.82, 2.24) is 4.90 Å². The molecule has 7 nitrogen and oxygen atoms in total. The first-order valence-electron chi connectivity index (χ1n) is 16.6. The van der Waals surface area contributed by atoms with Crippen molar-refractivity contribution < 1.29 is 18.8 Å². The first-order valence-corrected chi connectivity index (χ1v) is 17.8. The van der Waals surface area contributed by atoms with E-state index >= 15 is 0 Å². The molecule has 2 saturated heterocycles. The third-order valence-corrected chi connectivity index (χ3v) is 10.4. The number of carbonyl (C=O) groups excluding carboxylic acids is 2. The highest BCUT2D eigenvalue weighted by Gasteiger charge is 2.39. The number of quaternary nitrogens is 1. The Bertz CT molecular complexity index is 1220. The van der Waals surface area contributed by atoms with Crippen LogP contribution in [0.3, 0.4) is 0 Å². The summed E-state index contributed by atoms with van der Waals surface area (Å²) in [4.78, 5) is 29.0. The summed E-state index contributed by atoms with van der Waals surface area (Å²) in [6.07, 6.45) is 5.65. The van der Waals surface area contributed by atoms with Crippen LogP contribution in [-0.4, -0.2) is 90.2 Å². The van der Waals surface area contributed by atoms with E-state index in [0.29, 0.717) is 6.54 Å². The van der Waals surface area contributed by atoms with E-state index in [1.54, 1.807) is 0 Å². The zero-order valence-corrected chi connectivity index (χ0v) is 28.7. The molecule has 44 heavy (non-hydrogen) atoms. The van der Waals surface area contributed by atoms with Crippen molar-refractivity contribution in [1.29, 1.82) is 0 Å². The molecule has 0 saturated carbocycles. The maximum atomic E-state index is 13.3. The van der Waals surface area contributed by atoms with Gasteiger partial charge in [-0.25, -0.2) is 0 Å². The number of aryl methyl sites for hydroxylation is 4. The molecular formula is C36H55N4O3S+. The molecule has 2 aromatic carbocycles. The molecule has 0 bridgehead atoms. The van der Waals surface area contributed by atoms with Crippen LogP contribution in [0.25, 0.3) is 0 Å². The Morgan fingerprint density at radius 2 is 1.43 bits per heavy atom. The molecule has 2 aliphatic rings. The molecule has 242 valence electrons. The predicted octanol–water partition coefficient (Wildman–Crippen LogP) is 6.49. The van der Waals surface area contributed by atoms with Gasteiger partial charge >= 0.3 is 0 Å². The van der Waals surface area contributed by atoms with E-state index < -0.39 is 0 Å². The summed E-state index contributed by atoms with van der Waals surface area (Å²) in [7, 11) is 0. The molecule has 2 aliphatic heterocycles. The van der Waals surface area contributed by atoms with E-state index in [0.717, 1.165) is 114 Å². The summed E-state index contributed by atoms with van der Waals surface area (Å²) in [5, 5.41) is 6.47. The van der Waals surface area contributed by atoms with Gasteiger partial charge in [0.1, 0.15) is 25.3 Å². The number of hydrogen-bond acceptors (Lipinski definition) is 5. The summed E-state index contributed by atoms with van der Waals surface area (Å²) >= 11 is 2.00. The molecule has 0 radical (unpaired) electrons. The van der Waals surface area contributed by atoms with E-state index in [4.69, 9.17) is 4.74 Å². The summed E-state index contributed by atoms with van der Waals surface area (Å²) in [6, 6.07) is 12.3. The van der Waals surface area contributed by atoms with E-state index in [2.05, 4.69) is 81.3 Å². The van der Waals surface area contributed by atoms with E-state index in [1.165, 1.54) is 0 Å². The van der Waals surface area contributed by atoms with Crippen LogP contribution in [0, 0.1) is 27.7 Å². The minimum Gasteiger partial charge on any atom is -0.364 e. The highest BCUT2D eigenvalue weighted by atomic mass is 32.2. The van der Waals surface area contributed by atoms with Crippen LogP contribution in [0.1, 0.15) is 68.2 Å². The summed E-state index contributed by atoms with van der Waals surface area (Å²) in [6.45, 7) is 17.7. The van der Waals surface area contributed by atoms with Gasteiger partial charge in [0.15, 0.2) is 6.54 Å². The molecule has 0 aliphatic carbocycles. The topological polar surface area (TPSA) is 70.7 Å². The van der Waals surface area contributed by atoms with Gasteiger partial charge in [-0.05, 0) is 108 Å². The number of rotatable bonds is 13. The number of para-hydroxylation sites is 2. The number of hydrogen-bond donors (Lipinski definition) is 2. The van der Waals surface area contributed by atoms with Crippen LogP contribution in [0.5, 0.6) is 0 Å². The standard InChI is InChI=1S/C36H54N4O3S/c1-26-13-9-14-27(2)34(26)37-33(41)25-40(23-30(5)43-31(6)24-40)20-12-22-44-21-11-19-39-18-8-7-17-32(39)36(42)38-35-28(3)15-10-16-29(35)4/h9-10,13-16,30-32H,7-8,11-12,17-25H2,1-6H3,(H-,37,38,41,42)/p+1. The number of carbonyl (C=O) groups is 2. The Balaban J connectivity index is 1.23. The number of nitrogens with one attached hydrogen (secondary N) is 2. The quantitative estimate of drug-likeness (QED) is 0.197. The second-order valence-electron chi connectivity index (χ2n) is 13.3. The number of likely N-dealkylation sites (tertiary alicyclic amines) is 1. The molecule has 4 rings (SSSR count). The summed E-state index contributed by atoms with van der Waals surface area (Å²) in [5.74, 6) is 2.40. The average Bonchev–Trinajstić information content (AvgIpc) is 2.96. The second-order valence-corrected chi connectivity index (χ2v) is 14.5. The van der Waals surface area contributed by atoms with Crippen molar-refractivity contribution in [3.8, 4) is 0 Å². The van der Waals surface area contributed by atoms with Crippen LogP contribution < -0.4 is 10.6 Å². The Labute approximate surface area is 270 Å². The van der Waals surface area contributed by atoms with Gasteiger partial charge in [-0.2, -0.15) is 11.8 Å². The Kier molecular flexibility index (Phi) is 12.7. The number of benzene rings is 2. The van der Waals surface area contributed by atoms with E-state index in [1.807, 2.05) is 23.9 Å². The highest BCUT2D eigenvalue weighted by molar-refractivity contribution is 7.99. The number of amides is 2. The molecule has 2 fully saturated rings. The average molecular weight is 624 g/mol. The van der Waals surface area contributed by atoms with E-state index in [-0.39, 0.29) is 30.1 Å². The Hall–Kier alpha value is -2.39. The summed E-state index contributed by atoms with van der Waals surface area (Å²) in [5.41, 5.74) is 6.34. The molecule has 2 N–H and O–H groups in total. The monoisotopic (exact) mass is 623 g/mol. The van der Waals surface area contributed by atoms with Crippen LogP contribution >= 0.6 is 11.8 Å². The Morgan fingerprint density at radius 1 is 0.864 bits per heavy atom. The molecule has 3 unspecified atom stereocenters. The second kappa shape index (κ2) is 16.3. The van der Waals surface area contributed by atoms with Gasteiger partial charge in [-0.3, -0.25) is 14.5 Å². The number of nitrogens with zero attached hydrogens (tertiary/aromatic N) is 2. The largest absolute Gasteiger partial charge is 0.364 e. The molecule has 2 aromatic rings. The third-order valence-electron chi connectivity index (χ3n) is 9.28. The smallest absolute Gasteiger partial charge is 0.279 e. The predicted molar refractivity (Wildman–Crippen MR) is 185 cm³/mol. The number of thioether (sulfide) groups is 1. The molecule has 2 heterocycles. The van der Waals surface area contributed by atoms with Crippen molar-refractivity contribution in [2.75, 3.05) is 61.4 Å². The van der Waals surface area contributed by atoms with Gasteiger partial charge in [0, 0.05) is 17.8 Å². The first kappa shape index (κ1) is 34.5. The lowest BCUT2D eigenvalue weighted by atomic mass is 10.0. The molecule has 0 spiro atoms. The molecule has 8 heteroatoms. The van der Waals surface area contributed by atoms with Crippen LogP contribution in [-0.2, 0) is 14.3 Å². The number of ether oxygens (including phenoxy) is 1. The maximum Gasteiger partial charge on any atom is 0.279 e. The third kappa shape index (κ3) is 9.56. The fourth-order valence-corrected chi connectivity index (χ4v) is 8.15. The summed E-state index contributed by atoms with van der Waals surface area (Å²) < 4.78 is 6.86. The van der Waals surface area contributed by atoms with Gasteiger partial charge in [0.25, 0.3) is 5.91 Å². The minimum atomic E-state index is -0.0444. The van der Waals surface area contributed by atoms with Crippen molar-refractivity contribution in [3.05, 3.63) is 58.7 Å². The molecule has 2 amide bonds. The normalized spacial score (nSPS) is 24.2. The zero-order valence-electron chi connectivity index (χ0n) is 27.9. The molecular weight excluding hydrogens is 568 g/mol. The van der Waals surface area contributed by atoms with E-state index in [9.17, 15) is 9.59 Å². The highest BCUT2D eigenvalue weighted by Crippen LogP contribution is 2.25. The Morgan fingerprint density at radius 3 is 2.05 bits per heavy atom. The van der Waals surface area contributed by atoms with Crippen molar-refractivity contribution in [3.63, 3.8) is 0 Å². The van der Waals surface area contributed by atoms with Crippen LogP contribution in [0.4, 0.5) is 11.4 Å². The lowest BCUT2D eigenvalue weighted by Crippen LogP contribution is -2.62. The van der Waals surface area contributed by atoms with Crippen molar-refractivity contribution in [2.24, 2.45) is 0 Å². The van der Waals surface area contributed by atoms with Gasteiger partial charge in [-0.15, -0.1) is 0 Å². The van der Waals surface area contributed by atoms with Crippen LogP contribution in [0.2, 0.25) is 0 Å². The number of morpholine rings is 1. The maximum absolute atomic E-state index is 13.3. The molecule has 0 aromatic heterocycles. The van der Waals surface area contributed by atoms with Gasteiger partial charge in [0.2, 0.25) is 5.91 Å². The number of piperidine rings is 1. The fourth-order valence-electron chi connectivity index (χ4n) is 7.28. The number of anilines is 2. The molecule has 3 atom stereocenters. The first-order chi connectivity index (χ1) is 21.1. The lowest BCUT2D eigenvalue weighted by Gasteiger charge is -2.45. The van der Waals surface area contributed by atoms with Gasteiger partial charge in [-0.1, -0.05) is 42.8 Å². The van der Waals surface area contributed by atoms with Crippen LogP contribution in [0.15, 0.2) is 36.4 Å². The zero-order chi connectivity index (χ0) is 31.7. The fraction of sp³-hybridized carbons (Fsp3) is 0.611. The van der Waals surface area contributed by atoms with Gasteiger partial charge < -0.3 is 19.9 Å². The minimum absolute atomic E-state index is 0.0444. The van der Waals surface area contributed by atoms with Gasteiger partial charge in [0.05, 0.1) is 12.6 Å². The lowest BCUT2D eigenvalue weighted by molar-refractivity contribution is -0.934.